The van der Waals surface area contributed by atoms with Gasteiger partial charge >= 0.3 is 6.18 Å². The summed E-state index contributed by atoms with van der Waals surface area (Å²) in [6.07, 6.45) is -2.81. The Morgan fingerprint density at radius 2 is 1.52 bits per heavy atom. The van der Waals surface area contributed by atoms with Crippen LogP contribution >= 0.6 is 0 Å². The quantitative estimate of drug-likeness (QED) is 0.450. The van der Waals surface area contributed by atoms with Crippen molar-refractivity contribution in [3.8, 4) is 0 Å². The van der Waals surface area contributed by atoms with Gasteiger partial charge in [-0.2, -0.15) is 13.2 Å². The third-order valence-electron chi connectivity index (χ3n) is 4.05. The molecule has 0 spiro atoms. The lowest BCUT2D eigenvalue weighted by Gasteiger charge is -2.10. The summed E-state index contributed by atoms with van der Waals surface area (Å²) < 4.78 is 64.4. The number of alkyl halides is 3. The van der Waals surface area contributed by atoms with Gasteiger partial charge in [0, 0.05) is 19.3 Å². The highest BCUT2D eigenvalue weighted by molar-refractivity contribution is 7.89. The van der Waals surface area contributed by atoms with Crippen LogP contribution in [0.3, 0.4) is 0 Å². The number of sulfonamides is 1. The summed E-state index contributed by atoms with van der Waals surface area (Å²) in [5, 5.41) is 13.9. The molecule has 0 bridgehead atoms. The fraction of sp³-hybridized carbons (Fsp3) is 0.211. The van der Waals surface area contributed by atoms with Crippen LogP contribution in [0.1, 0.15) is 11.1 Å². The Bertz CT molecular complexity index is 1100. The Labute approximate surface area is 177 Å². The van der Waals surface area contributed by atoms with Gasteiger partial charge < -0.3 is 10.6 Å². The van der Waals surface area contributed by atoms with Gasteiger partial charge in [-0.25, -0.2) is 18.1 Å². The smallest absolute Gasteiger partial charge is 0.367 e. The van der Waals surface area contributed by atoms with Crippen molar-refractivity contribution >= 4 is 27.5 Å². The molecule has 3 rings (SSSR count). The molecule has 31 heavy (non-hydrogen) atoms. The number of benzene rings is 1. The van der Waals surface area contributed by atoms with Crippen LogP contribution in [0.15, 0.2) is 59.6 Å². The number of anilines is 3. The summed E-state index contributed by atoms with van der Waals surface area (Å²) in [6.45, 7) is 2.12. The zero-order valence-corrected chi connectivity index (χ0v) is 17.1. The maximum atomic E-state index is 12.6. The van der Waals surface area contributed by atoms with Gasteiger partial charge in [-0.1, -0.05) is 6.07 Å². The van der Waals surface area contributed by atoms with Crippen LogP contribution in [-0.2, 0) is 16.2 Å². The van der Waals surface area contributed by atoms with E-state index in [-0.39, 0.29) is 18.0 Å². The van der Waals surface area contributed by atoms with Gasteiger partial charge in [0.05, 0.1) is 10.5 Å². The molecule has 1 aromatic carbocycles. The normalized spacial score (nSPS) is 11.9. The summed E-state index contributed by atoms with van der Waals surface area (Å²) in [7, 11) is -3.93. The number of halogens is 3. The molecule has 0 saturated carbocycles. The van der Waals surface area contributed by atoms with Crippen LogP contribution in [-0.4, -0.2) is 36.7 Å². The molecular formula is C19H19F3N6O2S. The predicted molar refractivity (Wildman–Crippen MR) is 109 cm³/mol. The van der Waals surface area contributed by atoms with Crippen molar-refractivity contribution < 1.29 is 21.6 Å². The minimum Gasteiger partial charge on any atom is -0.367 e. The molecule has 0 amide bonds. The Kier molecular flexibility index (Phi) is 6.71. The molecule has 0 saturated heterocycles. The van der Waals surface area contributed by atoms with Crippen molar-refractivity contribution in [1.82, 2.24) is 19.9 Å². The number of nitrogens with zero attached hydrogens (tertiary/aromatic N) is 3. The maximum Gasteiger partial charge on any atom is 0.416 e. The van der Waals surface area contributed by atoms with E-state index < -0.39 is 21.8 Å². The van der Waals surface area contributed by atoms with Crippen molar-refractivity contribution in [1.29, 1.82) is 0 Å². The predicted octanol–water partition coefficient (Wildman–Crippen LogP) is 3.33. The van der Waals surface area contributed by atoms with Gasteiger partial charge in [0.25, 0.3) is 0 Å². The van der Waals surface area contributed by atoms with E-state index in [9.17, 15) is 21.6 Å². The third-order valence-corrected chi connectivity index (χ3v) is 5.52. The molecule has 164 valence electrons. The van der Waals surface area contributed by atoms with Crippen LogP contribution in [0.25, 0.3) is 0 Å². The van der Waals surface area contributed by atoms with E-state index in [0.29, 0.717) is 17.5 Å². The van der Waals surface area contributed by atoms with Gasteiger partial charge in [0.2, 0.25) is 10.0 Å². The van der Waals surface area contributed by atoms with Gasteiger partial charge in [-0.3, -0.25) is 0 Å². The molecule has 0 aliphatic rings. The lowest BCUT2D eigenvalue weighted by molar-refractivity contribution is -0.137. The minimum absolute atomic E-state index is 0.00166. The van der Waals surface area contributed by atoms with Crippen molar-refractivity contribution in [3.63, 3.8) is 0 Å². The Morgan fingerprint density at radius 3 is 2.10 bits per heavy atom. The standard InChI is InChI=1S/C19H19F3N6O2S/c1-13-2-7-16(24-12-13)26-18-9-8-17(27-28-18)23-10-11-25-31(29,30)15-5-3-14(4-6-15)19(20,21)22/h2-9,12,25H,10-11H2,1H3,(H,23,27)(H,24,26,28). The minimum atomic E-state index is -4.53. The topological polar surface area (TPSA) is 109 Å². The largest absolute Gasteiger partial charge is 0.416 e. The van der Waals surface area contributed by atoms with Crippen molar-refractivity contribution in [2.24, 2.45) is 0 Å². The van der Waals surface area contributed by atoms with E-state index >= 15 is 0 Å². The lowest BCUT2D eigenvalue weighted by Crippen LogP contribution is -2.29. The van der Waals surface area contributed by atoms with E-state index in [2.05, 4.69) is 30.5 Å². The number of aryl methyl sites for hydroxylation is 1. The first-order valence-electron chi connectivity index (χ1n) is 9.08. The summed E-state index contributed by atoms with van der Waals surface area (Å²) in [5.74, 6) is 1.54. The molecule has 3 N–H and O–H groups in total. The first-order chi connectivity index (χ1) is 14.6. The van der Waals surface area contributed by atoms with Crippen molar-refractivity contribution in [2.75, 3.05) is 23.7 Å². The number of hydrogen-bond donors (Lipinski definition) is 3. The second-order valence-electron chi connectivity index (χ2n) is 6.50. The van der Waals surface area contributed by atoms with Crippen LogP contribution < -0.4 is 15.4 Å². The van der Waals surface area contributed by atoms with Crippen molar-refractivity contribution in [2.45, 2.75) is 18.0 Å². The Hall–Kier alpha value is -3.25. The molecule has 2 heterocycles. The zero-order valence-electron chi connectivity index (χ0n) is 16.3. The average molecular weight is 452 g/mol. The number of aromatic nitrogens is 3. The Balaban J connectivity index is 1.48. The molecule has 0 aliphatic carbocycles. The fourth-order valence-corrected chi connectivity index (χ4v) is 3.48. The molecule has 8 nitrogen and oxygen atoms in total. The van der Waals surface area contributed by atoms with E-state index in [1.165, 1.54) is 0 Å². The summed E-state index contributed by atoms with van der Waals surface area (Å²) in [5.41, 5.74) is 0.118. The van der Waals surface area contributed by atoms with Crippen LogP contribution in [0.4, 0.5) is 30.6 Å². The molecule has 0 aliphatic heterocycles. The third kappa shape index (κ3) is 6.36. The number of hydrogen-bond acceptors (Lipinski definition) is 7. The van der Waals surface area contributed by atoms with E-state index in [1.807, 2.05) is 19.1 Å². The van der Waals surface area contributed by atoms with Gasteiger partial charge in [-0.15, -0.1) is 10.2 Å². The van der Waals surface area contributed by atoms with Gasteiger partial charge in [0.1, 0.15) is 11.6 Å². The molecule has 3 aromatic rings. The van der Waals surface area contributed by atoms with E-state index in [4.69, 9.17) is 0 Å². The van der Waals surface area contributed by atoms with Crippen LogP contribution in [0.5, 0.6) is 0 Å². The second kappa shape index (κ2) is 9.27. The monoisotopic (exact) mass is 452 g/mol. The van der Waals surface area contributed by atoms with Crippen molar-refractivity contribution in [3.05, 3.63) is 65.9 Å². The lowest BCUT2D eigenvalue weighted by atomic mass is 10.2. The molecular weight excluding hydrogens is 433 g/mol. The number of rotatable bonds is 8. The molecule has 0 radical (unpaired) electrons. The van der Waals surface area contributed by atoms with Crippen LogP contribution in [0.2, 0.25) is 0 Å². The summed E-state index contributed by atoms with van der Waals surface area (Å²) in [6, 6.07) is 10.3. The van der Waals surface area contributed by atoms with E-state index in [0.717, 1.165) is 29.8 Å². The maximum absolute atomic E-state index is 12.6. The molecule has 0 fully saturated rings. The van der Waals surface area contributed by atoms with E-state index in [1.54, 1.807) is 18.3 Å². The number of nitrogens with one attached hydrogen (secondary N) is 3. The average Bonchev–Trinajstić information content (AvgIpc) is 2.73. The first-order valence-corrected chi connectivity index (χ1v) is 10.6. The highest BCUT2D eigenvalue weighted by Gasteiger charge is 2.30. The highest BCUT2D eigenvalue weighted by atomic mass is 32.2. The second-order valence-corrected chi connectivity index (χ2v) is 8.26. The SMILES string of the molecule is Cc1ccc(Nc2ccc(NCCNS(=O)(=O)c3ccc(C(F)(F)F)cc3)nn2)nc1. The summed E-state index contributed by atoms with van der Waals surface area (Å²) >= 11 is 0. The fourth-order valence-electron chi connectivity index (χ4n) is 2.45. The first kappa shape index (κ1) is 22.4. The molecule has 0 atom stereocenters. The zero-order chi connectivity index (χ0) is 22.5. The van der Waals surface area contributed by atoms with Gasteiger partial charge in [0.15, 0.2) is 5.82 Å². The van der Waals surface area contributed by atoms with Crippen LogP contribution in [0, 0.1) is 6.92 Å². The van der Waals surface area contributed by atoms with Gasteiger partial charge in [-0.05, 0) is 55.0 Å². The molecule has 12 heteroatoms. The summed E-state index contributed by atoms with van der Waals surface area (Å²) in [4.78, 5) is 3.96. The highest BCUT2D eigenvalue weighted by Crippen LogP contribution is 2.29. The Morgan fingerprint density at radius 1 is 0.871 bits per heavy atom. The molecule has 0 unspecified atom stereocenters. The number of pyridine rings is 1. The molecule has 2 aromatic heterocycles.